The maximum Gasteiger partial charge on any atom is 0.253 e. The van der Waals surface area contributed by atoms with E-state index in [2.05, 4.69) is 0 Å². The number of hydrogen-bond acceptors (Lipinski definition) is 4. The second kappa shape index (κ2) is 10.6. The highest BCUT2D eigenvalue weighted by Crippen LogP contribution is 2.17. The van der Waals surface area contributed by atoms with Crippen molar-refractivity contribution in [2.45, 2.75) is 32.0 Å². The van der Waals surface area contributed by atoms with Gasteiger partial charge in [0.1, 0.15) is 0 Å². The standard InChI is InChI=1S/C17H26N2O3.ClH/c1-21-13-14-3-5-15(6-4-14)17(20)19-10-7-16(8-11-19)22-12-2-9-18;/h3-6,16H,2,7-13,18H2,1H3;1H. The van der Waals surface area contributed by atoms with Gasteiger partial charge in [-0.2, -0.15) is 0 Å². The molecule has 1 heterocycles. The van der Waals surface area contributed by atoms with Crippen LogP contribution in [0, 0.1) is 0 Å². The monoisotopic (exact) mass is 342 g/mol. The van der Waals surface area contributed by atoms with Crippen LogP contribution in [0.3, 0.4) is 0 Å². The number of rotatable bonds is 7. The van der Waals surface area contributed by atoms with E-state index < -0.39 is 0 Å². The first-order chi connectivity index (χ1) is 10.7. The molecule has 5 nitrogen and oxygen atoms in total. The molecule has 1 aliphatic heterocycles. The van der Waals surface area contributed by atoms with Gasteiger partial charge in [0.15, 0.2) is 0 Å². The lowest BCUT2D eigenvalue weighted by molar-refractivity contribution is 0.00844. The Balaban J connectivity index is 0.00000264. The van der Waals surface area contributed by atoms with E-state index in [0.29, 0.717) is 13.2 Å². The third-order valence-corrected chi connectivity index (χ3v) is 3.94. The van der Waals surface area contributed by atoms with Crippen LogP contribution < -0.4 is 5.73 Å². The van der Waals surface area contributed by atoms with Gasteiger partial charge in [-0.25, -0.2) is 0 Å². The highest BCUT2D eigenvalue weighted by Gasteiger charge is 2.23. The molecule has 0 bridgehead atoms. The van der Waals surface area contributed by atoms with E-state index in [-0.39, 0.29) is 24.4 Å². The van der Waals surface area contributed by atoms with E-state index in [1.54, 1.807) is 7.11 Å². The van der Waals surface area contributed by atoms with Crippen molar-refractivity contribution in [1.29, 1.82) is 0 Å². The maximum absolute atomic E-state index is 12.5. The second-order valence-electron chi connectivity index (χ2n) is 5.63. The van der Waals surface area contributed by atoms with Gasteiger partial charge < -0.3 is 20.1 Å². The number of carbonyl (C=O) groups is 1. The van der Waals surface area contributed by atoms with Crippen LogP contribution in [0.2, 0.25) is 0 Å². The van der Waals surface area contributed by atoms with Crippen molar-refractivity contribution in [3.63, 3.8) is 0 Å². The van der Waals surface area contributed by atoms with Gasteiger partial charge in [-0.3, -0.25) is 4.79 Å². The summed E-state index contributed by atoms with van der Waals surface area (Å²) < 4.78 is 10.8. The molecule has 0 aromatic heterocycles. The molecule has 1 saturated heterocycles. The molecule has 0 aliphatic carbocycles. The average molecular weight is 343 g/mol. The summed E-state index contributed by atoms with van der Waals surface area (Å²) in [5.41, 5.74) is 7.27. The van der Waals surface area contributed by atoms with E-state index in [9.17, 15) is 4.79 Å². The smallest absolute Gasteiger partial charge is 0.253 e. The predicted molar refractivity (Wildman–Crippen MR) is 93.0 cm³/mol. The summed E-state index contributed by atoms with van der Waals surface area (Å²) in [5, 5.41) is 0. The number of nitrogens with zero attached hydrogens (tertiary/aromatic N) is 1. The van der Waals surface area contributed by atoms with Crippen LogP contribution in [0.15, 0.2) is 24.3 Å². The number of amides is 1. The van der Waals surface area contributed by atoms with Gasteiger partial charge in [0.05, 0.1) is 12.7 Å². The zero-order chi connectivity index (χ0) is 15.8. The number of nitrogens with two attached hydrogens (primary N) is 1. The molecule has 6 heteroatoms. The number of piperidine rings is 1. The quantitative estimate of drug-likeness (QED) is 0.772. The van der Waals surface area contributed by atoms with Gasteiger partial charge >= 0.3 is 0 Å². The van der Waals surface area contributed by atoms with Crippen molar-refractivity contribution in [1.82, 2.24) is 4.90 Å². The van der Waals surface area contributed by atoms with Crippen molar-refractivity contribution in [2.24, 2.45) is 5.73 Å². The number of ether oxygens (including phenoxy) is 2. The second-order valence-corrected chi connectivity index (χ2v) is 5.63. The summed E-state index contributed by atoms with van der Waals surface area (Å²) in [5.74, 6) is 0.101. The maximum atomic E-state index is 12.5. The van der Waals surface area contributed by atoms with E-state index >= 15 is 0 Å². The first kappa shape index (κ1) is 19.9. The molecule has 0 unspecified atom stereocenters. The molecule has 1 amide bonds. The third-order valence-electron chi connectivity index (χ3n) is 3.94. The van der Waals surface area contributed by atoms with Crippen molar-refractivity contribution in [3.05, 3.63) is 35.4 Å². The fourth-order valence-electron chi connectivity index (χ4n) is 2.65. The van der Waals surface area contributed by atoms with Gasteiger partial charge in [0, 0.05) is 32.4 Å². The van der Waals surface area contributed by atoms with Crippen molar-refractivity contribution >= 4 is 18.3 Å². The molecular formula is C17H27ClN2O3. The minimum Gasteiger partial charge on any atom is -0.380 e. The number of benzene rings is 1. The van der Waals surface area contributed by atoms with Crippen LogP contribution in [0.5, 0.6) is 0 Å². The molecule has 1 aliphatic rings. The summed E-state index contributed by atoms with van der Waals surface area (Å²) in [6.07, 6.45) is 2.96. The van der Waals surface area contributed by atoms with E-state index in [0.717, 1.165) is 50.1 Å². The Morgan fingerprint density at radius 1 is 1.26 bits per heavy atom. The molecule has 1 aromatic rings. The number of hydrogen-bond donors (Lipinski definition) is 1. The zero-order valence-electron chi connectivity index (χ0n) is 13.7. The molecule has 0 spiro atoms. The van der Waals surface area contributed by atoms with Crippen molar-refractivity contribution in [2.75, 3.05) is 33.4 Å². The molecule has 130 valence electrons. The van der Waals surface area contributed by atoms with Crippen LogP contribution in [0.4, 0.5) is 0 Å². The van der Waals surface area contributed by atoms with Crippen molar-refractivity contribution < 1.29 is 14.3 Å². The molecular weight excluding hydrogens is 316 g/mol. The topological polar surface area (TPSA) is 64.8 Å². The fraction of sp³-hybridized carbons (Fsp3) is 0.588. The summed E-state index contributed by atoms with van der Waals surface area (Å²) >= 11 is 0. The Morgan fingerprint density at radius 3 is 2.48 bits per heavy atom. The number of halogens is 1. The first-order valence-corrected chi connectivity index (χ1v) is 7.93. The van der Waals surface area contributed by atoms with E-state index in [1.165, 1.54) is 0 Å². The zero-order valence-corrected chi connectivity index (χ0v) is 14.5. The Morgan fingerprint density at radius 2 is 1.91 bits per heavy atom. The number of carbonyl (C=O) groups excluding carboxylic acids is 1. The van der Waals surface area contributed by atoms with Crippen LogP contribution in [0.25, 0.3) is 0 Å². The molecule has 0 saturated carbocycles. The largest absolute Gasteiger partial charge is 0.380 e. The Labute approximate surface area is 144 Å². The minimum absolute atomic E-state index is 0. The Kier molecular flexibility index (Phi) is 9.17. The molecule has 23 heavy (non-hydrogen) atoms. The molecule has 0 atom stereocenters. The fourth-order valence-corrected chi connectivity index (χ4v) is 2.65. The number of likely N-dealkylation sites (tertiary alicyclic amines) is 1. The molecule has 0 radical (unpaired) electrons. The Hall–Kier alpha value is -1.14. The van der Waals surface area contributed by atoms with Gasteiger partial charge in [0.2, 0.25) is 0 Å². The van der Waals surface area contributed by atoms with Gasteiger partial charge in [-0.1, -0.05) is 12.1 Å². The summed E-state index contributed by atoms with van der Waals surface area (Å²) in [6, 6.07) is 7.64. The van der Waals surface area contributed by atoms with Gasteiger partial charge in [-0.15, -0.1) is 12.4 Å². The first-order valence-electron chi connectivity index (χ1n) is 7.93. The lowest BCUT2D eigenvalue weighted by Crippen LogP contribution is -2.41. The van der Waals surface area contributed by atoms with Crippen molar-refractivity contribution in [3.8, 4) is 0 Å². The lowest BCUT2D eigenvalue weighted by atomic mass is 10.1. The molecule has 1 fully saturated rings. The highest BCUT2D eigenvalue weighted by atomic mass is 35.5. The van der Waals surface area contributed by atoms with E-state index in [4.69, 9.17) is 15.2 Å². The minimum atomic E-state index is 0. The van der Waals surface area contributed by atoms with Crippen LogP contribution >= 0.6 is 12.4 Å². The summed E-state index contributed by atoms with van der Waals surface area (Å²) in [7, 11) is 1.67. The molecule has 2 N–H and O–H groups in total. The average Bonchev–Trinajstić information content (AvgIpc) is 2.56. The normalized spacial score (nSPS) is 15.3. The Bertz CT molecular complexity index is 459. The molecule has 1 aromatic carbocycles. The molecule has 2 rings (SSSR count). The van der Waals surface area contributed by atoms with Crippen LogP contribution in [0.1, 0.15) is 35.2 Å². The number of methoxy groups -OCH3 is 1. The van der Waals surface area contributed by atoms with E-state index in [1.807, 2.05) is 29.2 Å². The SMILES string of the molecule is COCc1ccc(C(=O)N2CCC(OCCCN)CC2)cc1.Cl. The highest BCUT2D eigenvalue weighted by molar-refractivity contribution is 5.94. The van der Waals surface area contributed by atoms with Crippen LogP contribution in [-0.2, 0) is 16.1 Å². The summed E-state index contributed by atoms with van der Waals surface area (Å²) in [4.78, 5) is 14.4. The van der Waals surface area contributed by atoms with Gasteiger partial charge in [-0.05, 0) is 43.5 Å². The third kappa shape index (κ3) is 6.11. The van der Waals surface area contributed by atoms with Gasteiger partial charge in [0.25, 0.3) is 5.91 Å². The van der Waals surface area contributed by atoms with Crippen LogP contribution in [-0.4, -0.2) is 50.3 Å². The predicted octanol–water partition coefficient (Wildman–Crippen LogP) is 2.22. The summed E-state index contributed by atoms with van der Waals surface area (Å²) in [6.45, 7) is 3.46. The lowest BCUT2D eigenvalue weighted by Gasteiger charge is -2.32.